The van der Waals surface area contributed by atoms with Gasteiger partial charge in [0.25, 0.3) is 0 Å². The number of unbranched alkanes of at least 4 members (excludes halogenated alkanes) is 12. The van der Waals surface area contributed by atoms with E-state index < -0.39 is 5.97 Å². The Kier molecular flexibility index (Phi) is 14.1. The van der Waals surface area contributed by atoms with E-state index in [0.717, 1.165) is 12.8 Å². The molecule has 0 aliphatic carbocycles. The Labute approximate surface area is 115 Å². The largest absolute Gasteiger partial charge is 1.00 e. The molecule has 0 radical (unpaired) electrons. The number of carbonyl (C=O) groups is 1. The van der Waals surface area contributed by atoms with Crippen molar-refractivity contribution in [3.05, 3.63) is 0 Å². The summed E-state index contributed by atoms with van der Waals surface area (Å²) in [6.07, 6.45) is 17.3. The smallest absolute Gasteiger partial charge is 0.481 e. The Balaban J connectivity index is 0. The van der Waals surface area contributed by atoms with Crippen LogP contribution in [0.15, 0.2) is 0 Å². The normalized spacial score (nSPS) is 10.7. The zero-order valence-corrected chi connectivity index (χ0v) is 12.3. The van der Waals surface area contributed by atoms with Crippen molar-refractivity contribution in [1.29, 1.82) is 0 Å². The van der Waals surface area contributed by atoms with Crippen molar-refractivity contribution < 1.29 is 11.3 Å². The summed E-state index contributed by atoms with van der Waals surface area (Å²) in [5, 5.41) is 8.49. The molecule has 0 aliphatic heterocycles. The Morgan fingerprint density at radius 1 is 0.722 bits per heavy atom. The lowest BCUT2D eigenvalue weighted by molar-refractivity contribution is -0.137. The first-order valence-electron chi connectivity index (χ1n) is 7.99. The second kappa shape index (κ2) is 14.5. The number of aliphatic carboxylic acids is 1. The van der Waals surface area contributed by atoms with Gasteiger partial charge in [0.15, 0.2) is 0 Å². The highest BCUT2D eigenvalue weighted by molar-refractivity contribution is 5.66. The van der Waals surface area contributed by atoms with E-state index in [4.69, 9.17) is 5.11 Å². The van der Waals surface area contributed by atoms with Crippen molar-refractivity contribution in [3.63, 3.8) is 0 Å². The van der Waals surface area contributed by atoms with Gasteiger partial charge in [-0.1, -0.05) is 84.0 Å². The first-order valence-corrected chi connectivity index (χ1v) is 7.99. The Morgan fingerprint density at radius 2 is 1.06 bits per heavy atom. The van der Waals surface area contributed by atoms with Crippen molar-refractivity contribution >= 4 is 5.97 Å². The van der Waals surface area contributed by atoms with Crippen LogP contribution in [0.3, 0.4) is 0 Å². The SMILES string of the molecule is CCCCCCCCCCCCCCCC(=O)O.[H+]. The number of carboxylic acid groups (broad SMARTS) is 1. The summed E-state index contributed by atoms with van der Waals surface area (Å²) in [6.45, 7) is 2.26. The molecule has 18 heavy (non-hydrogen) atoms. The van der Waals surface area contributed by atoms with Crippen LogP contribution in [0.2, 0.25) is 0 Å². The van der Waals surface area contributed by atoms with Crippen molar-refractivity contribution in [1.82, 2.24) is 0 Å². The van der Waals surface area contributed by atoms with E-state index in [1.54, 1.807) is 0 Å². The van der Waals surface area contributed by atoms with Crippen LogP contribution in [0.1, 0.15) is 98.2 Å². The average Bonchev–Trinajstić information content (AvgIpc) is 2.34. The molecule has 0 rings (SSSR count). The van der Waals surface area contributed by atoms with Gasteiger partial charge in [-0.2, -0.15) is 0 Å². The minimum atomic E-state index is -0.655. The molecule has 0 aromatic carbocycles. The van der Waals surface area contributed by atoms with Gasteiger partial charge in [-0.05, 0) is 6.42 Å². The molecule has 108 valence electrons. The lowest BCUT2D eigenvalue weighted by Gasteiger charge is -2.02. The fourth-order valence-corrected chi connectivity index (χ4v) is 2.29. The van der Waals surface area contributed by atoms with Gasteiger partial charge in [-0.25, -0.2) is 0 Å². The van der Waals surface area contributed by atoms with Crippen LogP contribution in [0.4, 0.5) is 0 Å². The number of hydrogen-bond acceptors (Lipinski definition) is 1. The highest BCUT2D eigenvalue weighted by Crippen LogP contribution is 2.12. The summed E-state index contributed by atoms with van der Waals surface area (Å²) >= 11 is 0. The third kappa shape index (κ3) is 15.5. The topological polar surface area (TPSA) is 37.3 Å². The standard InChI is InChI=1S/C16H32O2/c1-2-3-4-5-6-7-8-9-10-11-12-13-14-15-16(17)18/h2-15H2,1H3,(H,17,18)/p+1. The molecule has 2 nitrogen and oxygen atoms in total. The van der Waals surface area contributed by atoms with Crippen molar-refractivity contribution in [3.8, 4) is 0 Å². The fraction of sp³-hybridized carbons (Fsp3) is 0.938. The molecule has 0 aromatic heterocycles. The first-order chi connectivity index (χ1) is 8.77. The average molecular weight is 257 g/mol. The molecule has 0 atom stereocenters. The molecule has 0 heterocycles. The number of rotatable bonds is 14. The van der Waals surface area contributed by atoms with Crippen LogP contribution in [0.5, 0.6) is 0 Å². The van der Waals surface area contributed by atoms with Crippen LogP contribution in [0.25, 0.3) is 0 Å². The van der Waals surface area contributed by atoms with Gasteiger partial charge in [0, 0.05) is 6.42 Å². The van der Waals surface area contributed by atoms with Gasteiger partial charge in [0.05, 0.1) is 0 Å². The van der Waals surface area contributed by atoms with E-state index in [1.165, 1.54) is 70.6 Å². The van der Waals surface area contributed by atoms with Gasteiger partial charge in [-0.15, -0.1) is 0 Å². The third-order valence-corrected chi connectivity index (χ3v) is 3.49. The molecule has 0 amide bonds. The molecule has 2 heteroatoms. The Morgan fingerprint density at radius 3 is 1.39 bits per heavy atom. The highest BCUT2D eigenvalue weighted by Gasteiger charge is 1.96. The minimum Gasteiger partial charge on any atom is -0.481 e. The molecule has 0 aliphatic rings. The summed E-state index contributed by atoms with van der Waals surface area (Å²) in [5.41, 5.74) is 0. The summed E-state index contributed by atoms with van der Waals surface area (Å²) in [4.78, 5) is 10.3. The van der Waals surface area contributed by atoms with E-state index in [1.807, 2.05) is 0 Å². The zero-order valence-electron chi connectivity index (χ0n) is 13.3. The number of carboxylic acids is 1. The summed E-state index contributed by atoms with van der Waals surface area (Å²) < 4.78 is 0. The maximum absolute atomic E-state index is 10.3. The molecule has 0 spiro atoms. The van der Waals surface area contributed by atoms with Crippen molar-refractivity contribution in [2.45, 2.75) is 96.8 Å². The van der Waals surface area contributed by atoms with Gasteiger partial charge >= 0.3 is 7.40 Å². The van der Waals surface area contributed by atoms with Gasteiger partial charge in [0.1, 0.15) is 0 Å². The molecule has 0 aromatic rings. The maximum atomic E-state index is 10.3. The summed E-state index contributed by atoms with van der Waals surface area (Å²) in [7, 11) is 0. The van der Waals surface area contributed by atoms with E-state index in [0.29, 0.717) is 6.42 Å². The quantitative estimate of drug-likeness (QED) is 0.407. The molecule has 1 N–H and O–H groups in total. The van der Waals surface area contributed by atoms with E-state index in [9.17, 15) is 4.79 Å². The minimum absolute atomic E-state index is 0. The van der Waals surface area contributed by atoms with E-state index >= 15 is 0 Å². The lowest BCUT2D eigenvalue weighted by Crippen LogP contribution is -1.93. The first kappa shape index (κ1) is 17.5. The predicted octanol–water partition coefficient (Wildman–Crippen LogP) is 5.66. The maximum Gasteiger partial charge on any atom is 1.00 e. The molecular weight excluding hydrogens is 224 g/mol. The summed E-state index contributed by atoms with van der Waals surface area (Å²) in [6, 6.07) is 0. The van der Waals surface area contributed by atoms with Gasteiger partial charge in [0.2, 0.25) is 0 Å². The zero-order chi connectivity index (χ0) is 13.5. The molecular formula is C16H33O2+. The van der Waals surface area contributed by atoms with Crippen LogP contribution >= 0.6 is 0 Å². The molecule has 0 saturated carbocycles. The Hall–Kier alpha value is -0.530. The second-order valence-corrected chi connectivity index (χ2v) is 5.39. The van der Waals surface area contributed by atoms with Crippen LogP contribution in [-0.2, 0) is 4.79 Å². The molecule has 0 fully saturated rings. The van der Waals surface area contributed by atoms with Crippen molar-refractivity contribution in [2.75, 3.05) is 0 Å². The fourth-order valence-electron chi connectivity index (χ4n) is 2.29. The number of hydrogen-bond donors (Lipinski definition) is 1. The van der Waals surface area contributed by atoms with E-state index in [-0.39, 0.29) is 1.43 Å². The second-order valence-electron chi connectivity index (χ2n) is 5.39. The van der Waals surface area contributed by atoms with Crippen LogP contribution in [0, 0.1) is 0 Å². The molecule has 0 saturated heterocycles. The van der Waals surface area contributed by atoms with Gasteiger partial charge < -0.3 is 5.11 Å². The van der Waals surface area contributed by atoms with Crippen LogP contribution < -0.4 is 0 Å². The van der Waals surface area contributed by atoms with Crippen LogP contribution in [-0.4, -0.2) is 11.1 Å². The highest BCUT2D eigenvalue weighted by atomic mass is 16.4. The Bertz CT molecular complexity index is 184. The summed E-state index contributed by atoms with van der Waals surface area (Å²) in [5.74, 6) is -0.655. The predicted molar refractivity (Wildman–Crippen MR) is 79.1 cm³/mol. The molecule has 0 bridgehead atoms. The lowest BCUT2D eigenvalue weighted by atomic mass is 10.0. The van der Waals surface area contributed by atoms with E-state index in [2.05, 4.69) is 6.92 Å². The van der Waals surface area contributed by atoms with Gasteiger partial charge in [-0.3, -0.25) is 4.79 Å². The monoisotopic (exact) mass is 257 g/mol. The molecule has 0 unspecified atom stereocenters. The third-order valence-electron chi connectivity index (χ3n) is 3.49. The van der Waals surface area contributed by atoms with Crippen molar-refractivity contribution in [2.24, 2.45) is 0 Å².